The SMILES string of the molecule is SCC(Cn1ncc2ccccc21)c1ccccc1. The summed E-state index contributed by atoms with van der Waals surface area (Å²) in [7, 11) is 0. The maximum absolute atomic E-state index is 4.49. The molecule has 3 heteroatoms. The van der Waals surface area contributed by atoms with Gasteiger partial charge in [-0.2, -0.15) is 17.7 Å². The van der Waals surface area contributed by atoms with Crippen molar-refractivity contribution < 1.29 is 0 Å². The number of hydrogen-bond acceptors (Lipinski definition) is 2. The number of benzene rings is 2. The van der Waals surface area contributed by atoms with Gasteiger partial charge in [-0.05, 0) is 17.4 Å². The van der Waals surface area contributed by atoms with Gasteiger partial charge < -0.3 is 0 Å². The standard InChI is InChI=1S/C16H16N2S/c19-12-15(13-6-2-1-3-7-13)11-18-16-9-5-4-8-14(16)10-17-18/h1-10,15,19H,11-12H2. The van der Waals surface area contributed by atoms with E-state index in [1.165, 1.54) is 16.5 Å². The molecule has 1 heterocycles. The largest absolute Gasteiger partial charge is 0.264 e. The minimum absolute atomic E-state index is 0.382. The molecule has 1 unspecified atom stereocenters. The Hall–Kier alpha value is -1.74. The summed E-state index contributed by atoms with van der Waals surface area (Å²) in [6.45, 7) is 0.862. The predicted octanol–water partition coefficient (Wildman–Crippen LogP) is 3.75. The van der Waals surface area contributed by atoms with E-state index in [-0.39, 0.29) is 0 Å². The zero-order valence-electron chi connectivity index (χ0n) is 10.6. The molecule has 0 saturated carbocycles. The second-order valence-electron chi connectivity index (χ2n) is 4.68. The molecule has 0 fully saturated rings. The minimum Gasteiger partial charge on any atom is -0.264 e. The van der Waals surface area contributed by atoms with Gasteiger partial charge in [0.2, 0.25) is 0 Å². The molecule has 19 heavy (non-hydrogen) atoms. The zero-order chi connectivity index (χ0) is 13.1. The van der Waals surface area contributed by atoms with Gasteiger partial charge in [-0.1, -0.05) is 48.5 Å². The Bertz CT molecular complexity index is 661. The summed E-state index contributed by atoms with van der Waals surface area (Å²) in [6, 6.07) is 18.8. The molecule has 1 aromatic heterocycles. The van der Waals surface area contributed by atoms with Gasteiger partial charge in [-0.3, -0.25) is 4.68 Å². The van der Waals surface area contributed by atoms with E-state index < -0.39 is 0 Å². The summed E-state index contributed by atoms with van der Waals surface area (Å²) >= 11 is 4.49. The molecule has 0 aliphatic carbocycles. The third-order valence-electron chi connectivity index (χ3n) is 3.44. The lowest BCUT2D eigenvalue weighted by Gasteiger charge is -2.15. The molecular formula is C16H16N2S. The van der Waals surface area contributed by atoms with Gasteiger partial charge in [0.1, 0.15) is 0 Å². The van der Waals surface area contributed by atoms with Gasteiger partial charge in [-0.25, -0.2) is 0 Å². The van der Waals surface area contributed by atoms with Crippen LogP contribution in [0.25, 0.3) is 10.9 Å². The molecule has 0 amide bonds. The highest BCUT2D eigenvalue weighted by Gasteiger charge is 2.12. The fourth-order valence-electron chi connectivity index (χ4n) is 2.37. The Labute approximate surface area is 118 Å². The maximum atomic E-state index is 4.49. The van der Waals surface area contributed by atoms with Crippen LogP contribution in [0.5, 0.6) is 0 Å². The zero-order valence-corrected chi connectivity index (χ0v) is 11.5. The van der Waals surface area contributed by atoms with E-state index in [0.29, 0.717) is 5.92 Å². The van der Waals surface area contributed by atoms with Crippen molar-refractivity contribution in [3.63, 3.8) is 0 Å². The molecule has 96 valence electrons. The molecule has 0 aliphatic rings. The Kier molecular flexibility index (Phi) is 3.56. The number of para-hydroxylation sites is 1. The van der Waals surface area contributed by atoms with Crippen LogP contribution in [0.2, 0.25) is 0 Å². The van der Waals surface area contributed by atoms with Crippen LogP contribution in [-0.4, -0.2) is 15.5 Å². The number of thiol groups is 1. The number of aromatic nitrogens is 2. The van der Waals surface area contributed by atoms with Crippen LogP contribution in [0.15, 0.2) is 60.8 Å². The Balaban J connectivity index is 1.91. The number of hydrogen-bond donors (Lipinski definition) is 1. The molecule has 2 nitrogen and oxygen atoms in total. The summed E-state index contributed by atoms with van der Waals surface area (Å²) in [6.07, 6.45) is 1.93. The topological polar surface area (TPSA) is 17.8 Å². The molecule has 3 rings (SSSR count). The molecule has 0 aliphatic heterocycles. The van der Waals surface area contributed by atoms with Gasteiger partial charge in [0.25, 0.3) is 0 Å². The van der Waals surface area contributed by atoms with Crippen molar-refractivity contribution in [2.75, 3.05) is 5.75 Å². The molecule has 1 atom stereocenters. The van der Waals surface area contributed by atoms with Crippen molar-refractivity contribution in [3.8, 4) is 0 Å². The monoisotopic (exact) mass is 268 g/mol. The fraction of sp³-hybridized carbons (Fsp3) is 0.188. The normalized spacial score (nSPS) is 12.7. The Morgan fingerprint density at radius 3 is 2.53 bits per heavy atom. The first-order chi connectivity index (χ1) is 9.38. The second-order valence-corrected chi connectivity index (χ2v) is 5.04. The van der Waals surface area contributed by atoms with E-state index >= 15 is 0 Å². The first-order valence-corrected chi connectivity index (χ1v) is 7.08. The van der Waals surface area contributed by atoms with E-state index in [9.17, 15) is 0 Å². The van der Waals surface area contributed by atoms with Crippen LogP contribution in [-0.2, 0) is 6.54 Å². The minimum atomic E-state index is 0.382. The lowest BCUT2D eigenvalue weighted by Crippen LogP contribution is -2.11. The van der Waals surface area contributed by atoms with Crippen LogP contribution >= 0.6 is 12.6 Å². The average molecular weight is 268 g/mol. The number of fused-ring (bicyclic) bond motifs is 1. The second kappa shape index (κ2) is 5.49. The van der Waals surface area contributed by atoms with Crippen molar-refractivity contribution in [1.82, 2.24) is 9.78 Å². The maximum Gasteiger partial charge on any atom is 0.0682 e. The highest BCUT2D eigenvalue weighted by Crippen LogP contribution is 2.21. The lowest BCUT2D eigenvalue weighted by molar-refractivity contribution is 0.564. The highest BCUT2D eigenvalue weighted by atomic mass is 32.1. The van der Waals surface area contributed by atoms with Crippen molar-refractivity contribution in [2.24, 2.45) is 0 Å². The van der Waals surface area contributed by atoms with Crippen LogP contribution in [0.4, 0.5) is 0 Å². The summed E-state index contributed by atoms with van der Waals surface area (Å²) in [4.78, 5) is 0. The third kappa shape index (κ3) is 2.51. The van der Waals surface area contributed by atoms with Crippen LogP contribution in [0.3, 0.4) is 0 Å². The van der Waals surface area contributed by atoms with E-state index in [4.69, 9.17) is 0 Å². The first kappa shape index (κ1) is 12.3. The van der Waals surface area contributed by atoms with Crippen molar-refractivity contribution in [3.05, 3.63) is 66.4 Å². The smallest absolute Gasteiger partial charge is 0.0682 e. The summed E-state index contributed by atoms with van der Waals surface area (Å²) in [5, 5.41) is 5.68. The van der Waals surface area contributed by atoms with Gasteiger partial charge in [0.05, 0.1) is 11.7 Å². The summed E-state index contributed by atoms with van der Waals surface area (Å²) < 4.78 is 2.07. The fourth-order valence-corrected chi connectivity index (χ4v) is 2.70. The van der Waals surface area contributed by atoms with E-state index in [2.05, 4.69) is 64.9 Å². The molecule has 0 saturated heterocycles. The number of nitrogens with zero attached hydrogens (tertiary/aromatic N) is 2. The first-order valence-electron chi connectivity index (χ1n) is 6.45. The third-order valence-corrected chi connectivity index (χ3v) is 3.88. The van der Waals surface area contributed by atoms with Crippen LogP contribution in [0, 0.1) is 0 Å². The predicted molar refractivity (Wildman–Crippen MR) is 82.8 cm³/mol. The Morgan fingerprint density at radius 1 is 1.00 bits per heavy atom. The van der Waals surface area contributed by atoms with Crippen molar-refractivity contribution in [2.45, 2.75) is 12.5 Å². The van der Waals surface area contributed by atoms with Crippen LogP contribution in [0.1, 0.15) is 11.5 Å². The van der Waals surface area contributed by atoms with Gasteiger partial charge >= 0.3 is 0 Å². The highest BCUT2D eigenvalue weighted by molar-refractivity contribution is 7.80. The molecule has 0 spiro atoms. The lowest BCUT2D eigenvalue weighted by atomic mass is 10.0. The number of rotatable bonds is 4. The molecule has 2 aromatic carbocycles. The van der Waals surface area contributed by atoms with Gasteiger partial charge in [-0.15, -0.1) is 0 Å². The quantitative estimate of drug-likeness (QED) is 0.713. The average Bonchev–Trinajstić information content (AvgIpc) is 2.89. The molecule has 0 bridgehead atoms. The summed E-state index contributed by atoms with van der Waals surface area (Å²) in [5.41, 5.74) is 2.50. The van der Waals surface area contributed by atoms with E-state index in [1.807, 2.05) is 18.3 Å². The Morgan fingerprint density at radius 2 is 1.74 bits per heavy atom. The van der Waals surface area contributed by atoms with E-state index in [1.54, 1.807) is 0 Å². The van der Waals surface area contributed by atoms with Crippen LogP contribution < -0.4 is 0 Å². The van der Waals surface area contributed by atoms with E-state index in [0.717, 1.165) is 12.3 Å². The molecular weight excluding hydrogens is 252 g/mol. The summed E-state index contributed by atoms with van der Waals surface area (Å²) in [5.74, 6) is 1.20. The van der Waals surface area contributed by atoms with Crippen molar-refractivity contribution >= 4 is 23.5 Å². The molecule has 0 radical (unpaired) electrons. The molecule has 3 aromatic rings. The van der Waals surface area contributed by atoms with Crippen molar-refractivity contribution in [1.29, 1.82) is 0 Å². The molecule has 0 N–H and O–H groups in total. The van der Waals surface area contributed by atoms with Gasteiger partial charge in [0.15, 0.2) is 0 Å². The van der Waals surface area contributed by atoms with Gasteiger partial charge in [0, 0.05) is 17.8 Å².